The third-order valence-electron chi connectivity index (χ3n) is 3.60. The largest absolute Gasteiger partial charge is 0.350 e. The molecule has 0 saturated heterocycles. The zero-order chi connectivity index (χ0) is 18.2. The van der Waals surface area contributed by atoms with Gasteiger partial charge >= 0.3 is 0 Å². The molecule has 0 unspecified atom stereocenters. The van der Waals surface area contributed by atoms with E-state index >= 15 is 0 Å². The molecule has 0 heterocycles. The first-order valence-corrected chi connectivity index (χ1v) is 8.12. The summed E-state index contributed by atoms with van der Waals surface area (Å²) in [5.74, 6) is -1.55. The van der Waals surface area contributed by atoms with E-state index in [0.29, 0.717) is 6.54 Å². The zero-order valence-corrected chi connectivity index (χ0v) is 14.4. The van der Waals surface area contributed by atoms with Crippen LogP contribution in [-0.2, 0) is 17.9 Å². The molecule has 2 rings (SSSR count). The fourth-order valence-corrected chi connectivity index (χ4v) is 2.35. The number of amides is 2. The van der Waals surface area contributed by atoms with Crippen molar-refractivity contribution in [1.82, 2.24) is 10.6 Å². The first-order valence-electron chi connectivity index (χ1n) is 8.12. The molecule has 132 valence electrons. The Morgan fingerprint density at radius 3 is 2.24 bits per heavy atom. The number of rotatable bonds is 7. The van der Waals surface area contributed by atoms with Crippen molar-refractivity contribution in [3.63, 3.8) is 0 Å². The van der Waals surface area contributed by atoms with Gasteiger partial charge in [0.15, 0.2) is 0 Å². The average Bonchev–Trinajstić information content (AvgIpc) is 2.59. The molecule has 2 aromatic carbocycles. The van der Waals surface area contributed by atoms with E-state index in [4.69, 9.17) is 0 Å². The van der Waals surface area contributed by atoms with E-state index in [1.807, 2.05) is 24.3 Å². The van der Waals surface area contributed by atoms with E-state index < -0.39 is 11.7 Å². The van der Waals surface area contributed by atoms with E-state index in [1.54, 1.807) is 6.07 Å². The molecule has 0 fully saturated rings. The molecular weight excluding hydrogens is 321 g/mol. The summed E-state index contributed by atoms with van der Waals surface area (Å²) in [7, 11) is 4.17. The van der Waals surface area contributed by atoms with Crippen molar-refractivity contribution < 1.29 is 18.9 Å². The second kappa shape index (κ2) is 8.94. The van der Waals surface area contributed by atoms with Crippen LogP contribution in [0.3, 0.4) is 0 Å². The van der Waals surface area contributed by atoms with Gasteiger partial charge in [0.2, 0.25) is 5.91 Å². The summed E-state index contributed by atoms with van der Waals surface area (Å²) in [4.78, 5) is 25.0. The van der Waals surface area contributed by atoms with Crippen LogP contribution >= 0.6 is 0 Å². The molecule has 0 aliphatic carbocycles. The maximum Gasteiger partial charge on any atom is 0.254 e. The van der Waals surface area contributed by atoms with Crippen molar-refractivity contribution in [2.45, 2.75) is 13.1 Å². The van der Waals surface area contributed by atoms with Gasteiger partial charge in [-0.25, -0.2) is 4.39 Å². The maximum absolute atomic E-state index is 13.5. The van der Waals surface area contributed by atoms with Crippen LogP contribution in [0.4, 0.5) is 4.39 Å². The number of carbonyl (C=O) groups excluding carboxylic acids is 2. The standard InChI is InChI=1S/C19H22FN3O2/c1-23(2)13-15-9-7-14(8-10-15)11-21-18(24)12-22-19(25)16-5-3-4-6-17(16)20/h3-10H,11-13H2,1-2H3,(H,21,24)(H,22,25)/p+1. The molecule has 2 aromatic rings. The van der Waals surface area contributed by atoms with Gasteiger partial charge in [-0.15, -0.1) is 0 Å². The Morgan fingerprint density at radius 1 is 0.960 bits per heavy atom. The quantitative estimate of drug-likeness (QED) is 0.686. The first-order chi connectivity index (χ1) is 12.0. The van der Waals surface area contributed by atoms with Crippen molar-refractivity contribution in [3.8, 4) is 0 Å². The van der Waals surface area contributed by atoms with E-state index in [1.165, 1.54) is 28.7 Å². The molecule has 6 heteroatoms. The Morgan fingerprint density at radius 2 is 1.60 bits per heavy atom. The summed E-state index contributed by atoms with van der Waals surface area (Å²) in [6.07, 6.45) is 0. The number of hydrogen-bond donors (Lipinski definition) is 3. The average molecular weight is 344 g/mol. The molecule has 0 spiro atoms. The lowest BCUT2D eigenvalue weighted by atomic mass is 10.1. The van der Waals surface area contributed by atoms with Gasteiger partial charge in [-0.3, -0.25) is 9.59 Å². The van der Waals surface area contributed by atoms with Crippen molar-refractivity contribution in [2.24, 2.45) is 0 Å². The number of nitrogens with one attached hydrogen (secondary N) is 3. The second-order valence-corrected chi connectivity index (χ2v) is 6.14. The van der Waals surface area contributed by atoms with Crippen LogP contribution in [0.25, 0.3) is 0 Å². The SMILES string of the molecule is C[NH+](C)Cc1ccc(CNC(=O)CNC(=O)c2ccccc2F)cc1. The van der Waals surface area contributed by atoms with Crippen molar-refractivity contribution in [1.29, 1.82) is 0 Å². The van der Waals surface area contributed by atoms with Gasteiger partial charge in [-0.1, -0.05) is 36.4 Å². The lowest BCUT2D eigenvalue weighted by molar-refractivity contribution is -0.872. The monoisotopic (exact) mass is 344 g/mol. The lowest BCUT2D eigenvalue weighted by Crippen LogP contribution is -3.04. The highest BCUT2D eigenvalue weighted by atomic mass is 19.1. The number of benzene rings is 2. The van der Waals surface area contributed by atoms with Gasteiger partial charge in [0.25, 0.3) is 5.91 Å². The summed E-state index contributed by atoms with van der Waals surface area (Å²) in [6, 6.07) is 13.7. The lowest BCUT2D eigenvalue weighted by Gasteiger charge is -2.09. The molecule has 0 atom stereocenters. The van der Waals surface area contributed by atoms with Gasteiger partial charge in [0.05, 0.1) is 26.2 Å². The van der Waals surface area contributed by atoms with E-state index in [0.717, 1.165) is 12.1 Å². The normalized spacial score (nSPS) is 10.6. The second-order valence-electron chi connectivity index (χ2n) is 6.14. The minimum Gasteiger partial charge on any atom is -0.350 e. The highest BCUT2D eigenvalue weighted by molar-refractivity contribution is 5.96. The summed E-state index contributed by atoms with van der Waals surface area (Å²) in [5.41, 5.74) is 2.13. The van der Waals surface area contributed by atoms with Crippen molar-refractivity contribution in [2.75, 3.05) is 20.6 Å². The number of hydrogen-bond acceptors (Lipinski definition) is 2. The van der Waals surface area contributed by atoms with Gasteiger partial charge in [0.1, 0.15) is 12.4 Å². The Hall–Kier alpha value is -2.73. The summed E-state index contributed by atoms with van der Waals surface area (Å²) >= 11 is 0. The Balaban J connectivity index is 1.77. The van der Waals surface area contributed by atoms with Crippen LogP contribution < -0.4 is 15.5 Å². The molecule has 0 radical (unpaired) electrons. The van der Waals surface area contributed by atoms with Crippen molar-refractivity contribution >= 4 is 11.8 Å². The third-order valence-corrected chi connectivity index (χ3v) is 3.60. The molecule has 0 saturated carbocycles. The predicted octanol–water partition coefficient (Wildman–Crippen LogP) is 0.516. The van der Waals surface area contributed by atoms with Gasteiger partial charge < -0.3 is 15.5 Å². The topological polar surface area (TPSA) is 62.6 Å². The molecule has 2 amide bonds. The molecule has 5 nitrogen and oxygen atoms in total. The van der Waals surface area contributed by atoms with Gasteiger partial charge in [0, 0.05) is 12.1 Å². The molecular formula is C19H23FN3O2+. The van der Waals surface area contributed by atoms with E-state index in [2.05, 4.69) is 24.7 Å². The Labute approximate surface area is 146 Å². The minimum absolute atomic E-state index is 0.0751. The first kappa shape index (κ1) is 18.6. The van der Waals surface area contributed by atoms with Gasteiger partial charge in [-0.05, 0) is 17.7 Å². The molecule has 0 aromatic heterocycles. The summed E-state index contributed by atoms with van der Waals surface area (Å²) < 4.78 is 13.5. The fourth-order valence-electron chi connectivity index (χ4n) is 2.35. The van der Waals surface area contributed by atoms with Gasteiger partial charge in [-0.2, -0.15) is 0 Å². The van der Waals surface area contributed by atoms with Crippen LogP contribution in [0.15, 0.2) is 48.5 Å². The smallest absolute Gasteiger partial charge is 0.254 e. The Kier molecular flexibility index (Phi) is 6.65. The highest BCUT2D eigenvalue weighted by Crippen LogP contribution is 2.05. The van der Waals surface area contributed by atoms with Crippen LogP contribution in [0.1, 0.15) is 21.5 Å². The molecule has 0 aliphatic heterocycles. The molecule has 25 heavy (non-hydrogen) atoms. The van der Waals surface area contributed by atoms with E-state index in [-0.39, 0.29) is 18.0 Å². The van der Waals surface area contributed by atoms with Crippen LogP contribution in [-0.4, -0.2) is 32.5 Å². The number of halogens is 1. The third kappa shape index (κ3) is 6.00. The minimum atomic E-state index is -0.611. The van der Waals surface area contributed by atoms with Crippen LogP contribution in [0, 0.1) is 5.82 Å². The fraction of sp³-hybridized carbons (Fsp3) is 0.263. The van der Waals surface area contributed by atoms with Crippen LogP contribution in [0.2, 0.25) is 0 Å². The maximum atomic E-state index is 13.5. The zero-order valence-electron chi connectivity index (χ0n) is 14.4. The Bertz CT molecular complexity index is 730. The molecule has 0 aliphatic rings. The van der Waals surface area contributed by atoms with Crippen molar-refractivity contribution in [3.05, 3.63) is 71.0 Å². The number of quaternary nitrogens is 1. The molecule has 3 N–H and O–H groups in total. The number of carbonyl (C=O) groups is 2. The molecule has 0 bridgehead atoms. The van der Waals surface area contributed by atoms with Crippen LogP contribution in [0.5, 0.6) is 0 Å². The summed E-state index contributed by atoms with van der Waals surface area (Å²) in [6.45, 7) is 1.12. The highest BCUT2D eigenvalue weighted by Gasteiger charge is 2.11. The predicted molar refractivity (Wildman–Crippen MR) is 93.5 cm³/mol. The summed E-state index contributed by atoms with van der Waals surface area (Å²) in [5, 5.41) is 5.14. The van der Waals surface area contributed by atoms with E-state index in [9.17, 15) is 14.0 Å².